The molecule has 0 aliphatic carbocycles. The Morgan fingerprint density at radius 3 is 1.57 bits per heavy atom. The average Bonchev–Trinajstić information content (AvgIpc) is 2.78. The molecule has 2 rings (SSSR count). The van der Waals surface area contributed by atoms with E-state index in [1.165, 1.54) is 19.1 Å². The van der Waals surface area contributed by atoms with Gasteiger partial charge in [-0.1, -0.05) is 48.5 Å². The highest BCUT2D eigenvalue weighted by Crippen LogP contribution is 2.62. The number of aliphatic hydroxyl groups is 1. The van der Waals surface area contributed by atoms with Crippen LogP contribution in [0.3, 0.4) is 0 Å². The quantitative estimate of drug-likeness (QED) is 0.306. The topological polar surface area (TPSA) is 29.5 Å². The van der Waals surface area contributed by atoms with Crippen molar-refractivity contribution in [2.24, 2.45) is 0 Å². The van der Waals surface area contributed by atoms with Gasteiger partial charge < -0.3 is 9.84 Å². The Kier molecular flexibility index (Phi) is 7.87. The Hall–Kier alpha value is -2.71. The van der Waals surface area contributed by atoms with Gasteiger partial charge in [-0.05, 0) is 18.6 Å². The summed E-state index contributed by atoms with van der Waals surface area (Å²) in [6, 6.07) is 9.38. The zero-order valence-corrected chi connectivity index (χ0v) is 18.4. The number of benzene rings is 2. The van der Waals surface area contributed by atoms with Crippen molar-refractivity contribution in [1.29, 1.82) is 0 Å². The van der Waals surface area contributed by atoms with Crippen molar-refractivity contribution in [2.75, 3.05) is 6.61 Å². The number of para-hydroxylation sites is 1. The van der Waals surface area contributed by atoms with E-state index < -0.39 is 64.7 Å². The summed E-state index contributed by atoms with van der Waals surface area (Å²) in [5, 5.41) is 11.2. The zero-order valence-electron chi connectivity index (χ0n) is 18.4. The van der Waals surface area contributed by atoms with Crippen molar-refractivity contribution in [1.82, 2.24) is 0 Å². The number of rotatable bonds is 10. The predicted molar refractivity (Wildman–Crippen MR) is 102 cm³/mol. The minimum atomic E-state index is -8.03. The molecule has 0 spiro atoms. The second kappa shape index (κ2) is 9.55. The molecule has 2 nitrogen and oxygen atoms in total. The first kappa shape index (κ1) is 30.5. The van der Waals surface area contributed by atoms with E-state index in [4.69, 9.17) is 4.74 Å². The average molecular weight is 560 g/mol. The van der Waals surface area contributed by atoms with E-state index in [1.54, 1.807) is 0 Å². The largest absolute Gasteiger partial charge is 0.493 e. The Labute approximate surface area is 200 Å². The van der Waals surface area contributed by atoms with E-state index in [9.17, 15) is 62.2 Å². The lowest BCUT2D eigenvalue weighted by atomic mass is 9.78. The first-order chi connectivity index (χ1) is 16.6. The first-order valence-electron chi connectivity index (χ1n) is 10.1. The third kappa shape index (κ3) is 4.81. The van der Waals surface area contributed by atoms with Crippen molar-refractivity contribution in [3.8, 4) is 5.75 Å². The fourth-order valence-corrected chi connectivity index (χ4v) is 3.39. The van der Waals surface area contributed by atoms with E-state index >= 15 is 0 Å². The van der Waals surface area contributed by atoms with E-state index in [-0.39, 0.29) is 6.61 Å². The van der Waals surface area contributed by atoms with Crippen molar-refractivity contribution < 1.29 is 66.9 Å². The van der Waals surface area contributed by atoms with Crippen LogP contribution in [0.2, 0.25) is 0 Å². The van der Waals surface area contributed by atoms with Gasteiger partial charge >= 0.3 is 35.8 Å². The molecule has 0 aliphatic rings. The van der Waals surface area contributed by atoms with Crippen LogP contribution in [0.4, 0.5) is 57.1 Å². The van der Waals surface area contributed by atoms with Crippen LogP contribution in [0.15, 0.2) is 54.6 Å². The summed E-state index contributed by atoms with van der Waals surface area (Å²) >= 11 is 0. The van der Waals surface area contributed by atoms with Crippen molar-refractivity contribution in [3.63, 3.8) is 0 Å². The van der Waals surface area contributed by atoms with E-state index in [0.29, 0.717) is 0 Å². The SMILES string of the molecule is CCOc1ccccc1C(O)(CC(F)(F)C(F)(F)C(F)(F)C(F)(F)C(F)(F)C(F)(F)F)c1ccccc1. The van der Waals surface area contributed by atoms with E-state index in [1.807, 2.05) is 0 Å². The van der Waals surface area contributed by atoms with Crippen LogP contribution < -0.4 is 4.74 Å². The molecule has 0 fully saturated rings. The van der Waals surface area contributed by atoms with Crippen LogP contribution >= 0.6 is 0 Å². The third-order valence-electron chi connectivity index (χ3n) is 5.36. The van der Waals surface area contributed by atoms with Gasteiger partial charge in [-0.2, -0.15) is 57.1 Å². The van der Waals surface area contributed by atoms with Gasteiger partial charge in [-0.3, -0.25) is 0 Å². The molecule has 1 N–H and O–H groups in total. The molecule has 0 saturated carbocycles. The van der Waals surface area contributed by atoms with Crippen LogP contribution in [0.25, 0.3) is 0 Å². The fourth-order valence-electron chi connectivity index (χ4n) is 3.39. The summed E-state index contributed by atoms with van der Waals surface area (Å²) in [5.41, 5.74) is -4.83. The Bertz CT molecular complexity index is 1070. The molecule has 208 valence electrons. The summed E-state index contributed by atoms with van der Waals surface area (Å²) in [6.07, 6.45) is -10.4. The maximum absolute atomic E-state index is 14.8. The van der Waals surface area contributed by atoms with Crippen LogP contribution in [0.5, 0.6) is 5.75 Å². The molecule has 1 unspecified atom stereocenters. The van der Waals surface area contributed by atoms with Gasteiger partial charge in [-0.25, -0.2) is 0 Å². The van der Waals surface area contributed by atoms with Gasteiger partial charge in [0.2, 0.25) is 0 Å². The summed E-state index contributed by atoms with van der Waals surface area (Å²) < 4.78 is 182. The zero-order chi connectivity index (χ0) is 28.7. The molecule has 0 amide bonds. The molecule has 0 heterocycles. The molecule has 0 saturated heterocycles. The molecule has 2 aromatic rings. The van der Waals surface area contributed by atoms with Gasteiger partial charge in [0.25, 0.3) is 0 Å². The Balaban J connectivity index is 2.72. The van der Waals surface area contributed by atoms with Crippen LogP contribution in [0, 0.1) is 0 Å². The monoisotopic (exact) mass is 560 g/mol. The second-order valence-electron chi connectivity index (χ2n) is 7.83. The lowest BCUT2D eigenvalue weighted by Crippen LogP contribution is -2.70. The minimum absolute atomic E-state index is 0.189. The van der Waals surface area contributed by atoms with Gasteiger partial charge in [0.15, 0.2) is 0 Å². The Morgan fingerprint density at radius 1 is 0.622 bits per heavy atom. The first-order valence-corrected chi connectivity index (χ1v) is 10.1. The van der Waals surface area contributed by atoms with Crippen LogP contribution in [0.1, 0.15) is 24.5 Å². The molecule has 0 radical (unpaired) electrons. The number of hydrogen-bond donors (Lipinski definition) is 1. The normalized spacial score (nSPS) is 15.9. The van der Waals surface area contributed by atoms with Gasteiger partial charge in [0, 0.05) is 5.56 Å². The molecular formula is C22H17F13O2. The highest BCUT2D eigenvalue weighted by Gasteiger charge is 2.90. The van der Waals surface area contributed by atoms with Gasteiger partial charge in [-0.15, -0.1) is 0 Å². The number of alkyl halides is 13. The van der Waals surface area contributed by atoms with E-state index in [2.05, 4.69) is 0 Å². The summed E-state index contributed by atoms with van der Waals surface area (Å²) in [5.74, 6) is -38.3. The highest BCUT2D eigenvalue weighted by atomic mass is 19.4. The molecule has 37 heavy (non-hydrogen) atoms. The summed E-state index contributed by atoms with van der Waals surface area (Å²) in [7, 11) is 0. The van der Waals surface area contributed by atoms with Crippen LogP contribution in [-0.4, -0.2) is 47.5 Å². The number of halogens is 13. The molecule has 0 bridgehead atoms. The predicted octanol–water partition coefficient (Wildman–Crippen LogP) is 7.45. The molecule has 15 heteroatoms. The molecular weight excluding hydrogens is 543 g/mol. The number of ether oxygens (including phenoxy) is 1. The summed E-state index contributed by atoms with van der Waals surface area (Å²) in [4.78, 5) is 0. The van der Waals surface area contributed by atoms with Gasteiger partial charge in [0.05, 0.1) is 13.0 Å². The lowest BCUT2D eigenvalue weighted by molar-refractivity contribution is -0.441. The van der Waals surface area contributed by atoms with Crippen molar-refractivity contribution in [2.45, 2.75) is 54.7 Å². The lowest BCUT2D eigenvalue weighted by Gasteiger charge is -2.42. The maximum atomic E-state index is 14.8. The van der Waals surface area contributed by atoms with Crippen molar-refractivity contribution >= 4 is 0 Å². The van der Waals surface area contributed by atoms with Crippen LogP contribution in [-0.2, 0) is 5.60 Å². The molecule has 0 aromatic heterocycles. The standard InChI is InChI=1S/C22H17F13O2/c1-2-37-15-11-7-6-10-14(15)16(36,13-8-4-3-5-9-13)12-17(23,24)18(25,26)19(27,28)20(29,30)21(31,32)22(33,34)35/h3-11,36H,2,12H2,1H3. The molecule has 0 aliphatic heterocycles. The molecule has 2 aromatic carbocycles. The minimum Gasteiger partial charge on any atom is -0.493 e. The van der Waals surface area contributed by atoms with Gasteiger partial charge in [0.1, 0.15) is 11.4 Å². The fraction of sp³-hybridized carbons (Fsp3) is 0.455. The maximum Gasteiger partial charge on any atom is 0.460 e. The number of hydrogen-bond acceptors (Lipinski definition) is 2. The molecule has 1 atom stereocenters. The highest BCUT2D eigenvalue weighted by molar-refractivity contribution is 5.45. The smallest absolute Gasteiger partial charge is 0.460 e. The Morgan fingerprint density at radius 2 is 1.08 bits per heavy atom. The summed E-state index contributed by atoms with van der Waals surface area (Å²) in [6.45, 7) is 1.19. The van der Waals surface area contributed by atoms with Crippen molar-refractivity contribution in [3.05, 3.63) is 65.7 Å². The van der Waals surface area contributed by atoms with E-state index in [0.717, 1.165) is 42.5 Å². The second-order valence-corrected chi connectivity index (χ2v) is 7.83. The third-order valence-corrected chi connectivity index (χ3v) is 5.36.